The molecule has 6 rings (SSSR count). The Labute approximate surface area is 274 Å². The number of azo groups is 2. The van der Waals surface area contributed by atoms with E-state index in [1.807, 2.05) is 84.9 Å². The molecule has 0 aliphatic carbocycles. The van der Waals surface area contributed by atoms with Crippen LogP contribution in [0.25, 0.3) is 11.4 Å². The quantitative estimate of drug-likeness (QED) is 0.108. The number of rotatable bonds is 9. The molecule has 2 aromatic carbocycles. The normalized spacial score (nSPS) is 11.5. The Balaban J connectivity index is 1.10. The van der Waals surface area contributed by atoms with Crippen molar-refractivity contribution in [3.63, 3.8) is 0 Å². The van der Waals surface area contributed by atoms with E-state index in [0.717, 1.165) is 24.0 Å². The molecule has 0 aliphatic heterocycles. The molecular weight excluding hydrogens is 608 g/mol. The average Bonchev–Trinajstić information content (AvgIpc) is 3.09. The number of H-pyrrole nitrogens is 2. The molecule has 0 atom stereocenters. The smallest absolute Gasteiger partial charge is 0.323 e. The van der Waals surface area contributed by atoms with Gasteiger partial charge in [-0.15, -0.1) is 10.2 Å². The van der Waals surface area contributed by atoms with Gasteiger partial charge in [-0.05, 0) is 62.1 Å². The topological polar surface area (TPSA) is 163 Å². The van der Waals surface area contributed by atoms with Crippen LogP contribution >= 0.6 is 0 Å². The molecule has 0 saturated carbocycles. The number of hydrogen-bond donors (Lipinski definition) is 4. The van der Waals surface area contributed by atoms with Gasteiger partial charge >= 0.3 is 11.1 Å². The van der Waals surface area contributed by atoms with Crippen LogP contribution in [0.3, 0.4) is 0 Å². The van der Waals surface area contributed by atoms with E-state index in [1.54, 1.807) is 47.8 Å². The molecule has 238 valence electrons. The van der Waals surface area contributed by atoms with Gasteiger partial charge in [-0.25, -0.2) is 0 Å². The van der Waals surface area contributed by atoms with E-state index in [2.05, 4.69) is 30.4 Å². The highest BCUT2D eigenvalue weighted by atomic mass is 16.3. The lowest BCUT2D eigenvalue weighted by atomic mass is 10.0. The number of nitrogens with one attached hydrogen (secondary N) is 2. The predicted molar refractivity (Wildman–Crippen MR) is 179 cm³/mol. The summed E-state index contributed by atoms with van der Waals surface area (Å²) in [6.07, 6.45) is 8.58. The molecule has 4 N–H and O–H groups in total. The summed E-state index contributed by atoms with van der Waals surface area (Å²) < 4.78 is 3.34. The van der Waals surface area contributed by atoms with Crippen LogP contribution in [0, 0.1) is 13.8 Å². The third-order valence-corrected chi connectivity index (χ3v) is 7.82. The van der Waals surface area contributed by atoms with Gasteiger partial charge in [0.25, 0.3) is 11.4 Å². The maximum atomic E-state index is 12.5. The first-order valence-electron chi connectivity index (χ1n) is 15.1. The van der Waals surface area contributed by atoms with Gasteiger partial charge in [-0.2, -0.15) is 19.4 Å². The maximum Gasteiger partial charge on any atom is 0.323 e. The molecule has 0 unspecified atom stereocenters. The summed E-state index contributed by atoms with van der Waals surface area (Å²) in [5, 5.41) is 37.8. The summed E-state index contributed by atoms with van der Waals surface area (Å²) in [4.78, 5) is 30.0. The Morgan fingerprint density at radius 2 is 0.896 bits per heavy atom. The zero-order valence-electron chi connectivity index (χ0n) is 26.2. The summed E-state index contributed by atoms with van der Waals surface area (Å²) in [7, 11) is 0. The van der Waals surface area contributed by atoms with Gasteiger partial charge in [0.15, 0.2) is 36.2 Å². The van der Waals surface area contributed by atoms with Crippen molar-refractivity contribution in [2.24, 2.45) is 20.5 Å². The number of aryl methyl sites for hydroxylation is 2. The molecule has 0 saturated heterocycles. The fourth-order valence-corrected chi connectivity index (χ4v) is 5.30. The number of nitrogens with zero attached hydrogens (tertiary/aromatic N) is 6. The molecule has 0 fully saturated rings. The van der Waals surface area contributed by atoms with E-state index in [4.69, 9.17) is 0 Å². The van der Waals surface area contributed by atoms with E-state index < -0.39 is 11.1 Å². The number of benzene rings is 2. The molecule has 0 radical (unpaired) electrons. The van der Waals surface area contributed by atoms with E-state index in [1.165, 1.54) is 0 Å². The molecule has 0 bridgehead atoms. The highest BCUT2D eigenvalue weighted by Crippen LogP contribution is 2.32. The van der Waals surface area contributed by atoms with Crippen molar-refractivity contribution in [2.45, 2.75) is 26.7 Å². The van der Waals surface area contributed by atoms with Crippen molar-refractivity contribution in [1.29, 1.82) is 0 Å². The van der Waals surface area contributed by atoms with Crippen LogP contribution in [-0.2, 0) is 12.8 Å². The molecule has 0 amide bonds. The number of hydrogen-bond acceptors (Lipinski definition) is 8. The van der Waals surface area contributed by atoms with Gasteiger partial charge in [0.2, 0.25) is 11.8 Å². The molecule has 48 heavy (non-hydrogen) atoms. The average molecular weight is 641 g/mol. The Bertz CT molecular complexity index is 2080. The van der Waals surface area contributed by atoms with Gasteiger partial charge in [-0.1, -0.05) is 36.4 Å². The van der Waals surface area contributed by atoms with Crippen LogP contribution in [-0.4, -0.2) is 20.2 Å². The summed E-state index contributed by atoms with van der Waals surface area (Å²) in [6.45, 7) is 3.44. The first-order chi connectivity index (χ1) is 23.3. The van der Waals surface area contributed by atoms with Gasteiger partial charge in [0, 0.05) is 24.3 Å². The monoisotopic (exact) mass is 640 g/mol. The molecule has 12 nitrogen and oxygen atoms in total. The van der Waals surface area contributed by atoms with Gasteiger partial charge in [0.05, 0.1) is 22.5 Å². The summed E-state index contributed by atoms with van der Waals surface area (Å²) >= 11 is 0. The second kappa shape index (κ2) is 13.8. The number of aromatic nitrogens is 4. The van der Waals surface area contributed by atoms with Crippen LogP contribution in [0.15, 0.2) is 140 Å². The lowest BCUT2D eigenvalue weighted by Gasteiger charge is -2.05. The number of pyridine rings is 4. The summed E-state index contributed by atoms with van der Waals surface area (Å²) in [5.74, 6) is -0.682. The highest BCUT2D eigenvalue weighted by Gasteiger charge is 2.23. The Morgan fingerprint density at radius 1 is 0.542 bits per heavy atom. The van der Waals surface area contributed by atoms with Gasteiger partial charge in [0.1, 0.15) is 0 Å². The van der Waals surface area contributed by atoms with Crippen LogP contribution in [0.4, 0.5) is 22.7 Å². The molecule has 4 aromatic heterocycles. The van der Waals surface area contributed by atoms with Crippen molar-refractivity contribution in [3.8, 4) is 23.1 Å². The van der Waals surface area contributed by atoms with Crippen molar-refractivity contribution in [2.75, 3.05) is 0 Å². The molecular formula is C36H32N8O4+2. The first-order valence-corrected chi connectivity index (χ1v) is 15.1. The van der Waals surface area contributed by atoms with E-state index in [0.29, 0.717) is 33.9 Å². The summed E-state index contributed by atoms with van der Waals surface area (Å²) in [6, 6.07) is 26.2. The lowest BCUT2D eigenvalue weighted by Crippen LogP contribution is -2.37. The minimum absolute atomic E-state index is 0.189. The number of aromatic amines is 2. The highest BCUT2D eigenvalue weighted by molar-refractivity contribution is 5.59. The first kappa shape index (κ1) is 31.4. The van der Waals surface area contributed by atoms with E-state index >= 15 is 0 Å². The Morgan fingerprint density at radius 3 is 1.25 bits per heavy atom. The largest absolute Gasteiger partial charge is 0.493 e. The molecule has 6 aromatic rings. The van der Waals surface area contributed by atoms with E-state index in [-0.39, 0.29) is 23.1 Å². The SMILES string of the molecule is Cc1c(N=Nc2ccc(CCc3ccc(N=Nc4c(O)[nH]c(=O)c(-[n+]5ccccc5)c4C)cc3)cc2)c(O)[nH]c(=O)c1-[n+]1ccccc1. The predicted octanol–water partition coefficient (Wildman–Crippen LogP) is 6.26. The van der Waals surface area contributed by atoms with Crippen molar-refractivity contribution < 1.29 is 19.3 Å². The van der Waals surface area contributed by atoms with Gasteiger partial charge in [-0.3, -0.25) is 19.6 Å². The van der Waals surface area contributed by atoms with Crippen LogP contribution in [0.5, 0.6) is 11.8 Å². The second-order valence-corrected chi connectivity index (χ2v) is 11.0. The molecule has 0 spiro atoms. The maximum absolute atomic E-state index is 12.5. The zero-order chi connectivity index (χ0) is 33.6. The van der Waals surface area contributed by atoms with Crippen LogP contribution in [0.2, 0.25) is 0 Å². The molecule has 0 aliphatic rings. The molecule has 12 heteroatoms. The molecule has 4 heterocycles. The Hall–Kier alpha value is -6.56. The zero-order valence-corrected chi connectivity index (χ0v) is 26.2. The minimum Gasteiger partial charge on any atom is -0.493 e. The number of aromatic hydroxyl groups is 2. The van der Waals surface area contributed by atoms with E-state index in [9.17, 15) is 19.8 Å². The summed E-state index contributed by atoms with van der Waals surface area (Å²) in [5.41, 5.74) is 4.66. The second-order valence-electron chi connectivity index (χ2n) is 11.0. The minimum atomic E-state index is -0.429. The lowest BCUT2D eigenvalue weighted by molar-refractivity contribution is -0.597. The third-order valence-electron chi connectivity index (χ3n) is 7.82. The van der Waals surface area contributed by atoms with Crippen molar-refractivity contribution in [3.05, 3.63) is 153 Å². The Kier molecular flexibility index (Phi) is 9.05. The van der Waals surface area contributed by atoms with Crippen molar-refractivity contribution in [1.82, 2.24) is 9.97 Å². The fourth-order valence-electron chi connectivity index (χ4n) is 5.30. The fraction of sp³-hybridized carbons (Fsp3) is 0.111. The standard InChI is InChI=1S/C36H30N8O4/c1-23-29(33(45)37-35(47)31(23)43-19-5-3-6-20-43)41-39-27-15-11-25(12-16-27)9-10-26-13-17-28(18-14-26)40-42-30-24(2)32(36(48)38-34(30)46)44-21-7-4-8-22-44/h3-8,11-22H,9-10H2,1-2H3,(H2-2,37,38,39,40,45,46,47,48)/p+2. The van der Waals surface area contributed by atoms with Crippen LogP contribution < -0.4 is 20.3 Å². The van der Waals surface area contributed by atoms with Crippen molar-refractivity contribution >= 4 is 22.7 Å². The third kappa shape index (κ3) is 6.82. The van der Waals surface area contributed by atoms with Crippen LogP contribution in [0.1, 0.15) is 22.3 Å². The van der Waals surface area contributed by atoms with Gasteiger partial charge < -0.3 is 10.2 Å².